The van der Waals surface area contributed by atoms with Crippen molar-refractivity contribution in [2.24, 2.45) is 0 Å². The van der Waals surface area contributed by atoms with E-state index in [0.717, 1.165) is 51.7 Å². The first-order chi connectivity index (χ1) is 20.1. The number of sulfonamides is 1. The molecule has 3 heterocycles. The van der Waals surface area contributed by atoms with Gasteiger partial charge in [-0.1, -0.05) is 41.6 Å². The molecule has 1 aromatic heterocycles. The first kappa shape index (κ1) is 27.1. The van der Waals surface area contributed by atoms with Gasteiger partial charge in [-0.2, -0.15) is 4.31 Å². The van der Waals surface area contributed by atoms with E-state index in [1.165, 1.54) is 4.31 Å². The summed E-state index contributed by atoms with van der Waals surface area (Å²) in [6, 6.07) is 16.9. The molecule has 1 unspecified atom stereocenters. The fourth-order valence-corrected chi connectivity index (χ4v) is 7.76. The Hall–Kier alpha value is -3.80. The molecule has 4 aromatic rings. The Bertz CT molecular complexity index is 1830. The Labute approximate surface area is 243 Å². The van der Waals surface area contributed by atoms with Crippen LogP contribution in [0.1, 0.15) is 59.0 Å². The summed E-state index contributed by atoms with van der Waals surface area (Å²) >= 11 is 0. The molecule has 3 aliphatic rings. The number of benzene rings is 3. The monoisotopic (exact) mass is 588 g/mol. The molecule has 42 heavy (non-hydrogen) atoms. The summed E-state index contributed by atoms with van der Waals surface area (Å²) in [7, 11) is -3.88. The number of hydrogen-bond donors (Lipinski definition) is 1. The van der Waals surface area contributed by atoms with Crippen molar-refractivity contribution in [2.75, 3.05) is 19.8 Å². The molecule has 2 aliphatic heterocycles. The van der Waals surface area contributed by atoms with E-state index in [1.807, 2.05) is 48.9 Å². The van der Waals surface area contributed by atoms with Gasteiger partial charge in [-0.15, -0.1) is 5.10 Å². The van der Waals surface area contributed by atoms with Gasteiger partial charge in [0.05, 0.1) is 37.7 Å². The predicted octanol–water partition coefficient (Wildman–Crippen LogP) is 4.34. The number of carboxylic acids is 1. The third-order valence-electron chi connectivity index (χ3n) is 8.70. The van der Waals surface area contributed by atoms with Crippen LogP contribution in [-0.2, 0) is 26.1 Å². The normalized spacial score (nSPS) is 20.0. The van der Waals surface area contributed by atoms with Crippen molar-refractivity contribution < 1.29 is 27.8 Å². The molecule has 11 heteroatoms. The van der Waals surface area contributed by atoms with E-state index in [9.17, 15) is 18.3 Å². The van der Waals surface area contributed by atoms with E-state index >= 15 is 0 Å². The molecule has 0 bridgehead atoms. The third-order valence-corrected chi connectivity index (χ3v) is 10.5. The molecule has 1 saturated heterocycles. The van der Waals surface area contributed by atoms with Crippen molar-refractivity contribution in [1.29, 1.82) is 0 Å². The Morgan fingerprint density at radius 2 is 1.90 bits per heavy atom. The number of aromatic nitrogens is 3. The Kier molecular flexibility index (Phi) is 6.37. The van der Waals surface area contributed by atoms with Crippen LogP contribution in [0.25, 0.3) is 11.0 Å². The second-order valence-corrected chi connectivity index (χ2v) is 13.7. The summed E-state index contributed by atoms with van der Waals surface area (Å²) in [6.07, 6.45) is 2.06. The molecule has 10 nitrogen and oxygen atoms in total. The van der Waals surface area contributed by atoms with E-state index in [2.05, 4.69) is 10.3 Å². The van der Waals surface area contributed by atoms with Crippen LogP contribution in [0.4, 0.5) is 0 Å². The van der Waals surface area contributed by atoms with E-state index in [1.54, 1.807) is 24.3 Å². The second-order valence-electron chi connectivity index (χ2n) is 11.7. The first-order valence-corrected chi connectivity index (χ1v) is 15.6. The second kappa shape index (κ2) is 9.89. The number of nitrogens with zero attached hydrogens (tertiary/aromatic N) is 4. The van der Waals surface area contributed by atoms with Gasteiger partial charge in [-0.25, -0.2) is 13.1 Å². The van der Waals surface area contributed by atoms with Crippen LogP contribution in [0.5, 0.6) is 5.75 Å². The number of carboxylic acid groups (broad SMARTS) is 1. The zero-order chi connectivity index (χ0) is 29.2. The number of para-hydroxylation sites is 1. The molecule has 0 radical (unpaired) electrons. The molecular formula is C31H32N4O6S. The van der Waals surface area contributed by atoms with Gasteiger partial charge in [0.2, 0.25) is 10.0 Å². The zero-order valence-corrected chi connectivity index (χ0v) is 24.3. The van der Waals surface area contributed by atoms with Crippen molar-refractivity contribution in [2.45, 2.75) is 62.1 Å². The Morgan fingerprint density at radius 1 is 1.12 bits per heavy atom. The van der Waals surface area contributed by atoms with Crippen molar-refractivity contribution >= 4 is 27.0 Å². The van der Waals surface area contributed by atoms with E-state index in [-0.39, 0.29) is 24.4 Å². The molecule has 2 fully saturated rings. The van der Waals surface area contributed by atoms with Crippen molar-refractivity contribution in [3.63, 3.8) is 0 Å². The lowest BCUT2D eigenvalue weighted by Gasteiger charge is -2.41. The van der Waals surface area contributed by atoms with Crippen LogP contribution >= 0.6 is 0 Å². The van der Waals surface area contributed by atoms with Gasteiger partial charge in [-0.3, -0.25) is 4.79 Å². The van der Waals surface area contributed by atoms with Gasteiger partial charge in [0.1, 0.15) is 16.2 Å². The van der Waals surface area contributed by atoms with Gasteiger partial charge in [0, 0.05) is 12.5 Å². The number of ether oxygens (including phenoxy) is 2. The average molecular weight is 589 g/mol. The Balaban J connectivity index is 1.27. The SMILES string of the molecule is Cc1ccc(C(CC(=O)O)c2ccc3c(nnn3C3CC3)c2C)cc1CN1CC2(COC2)Oc2ccccc2S1(=O)=O. The summed E-state index contributed by atoms with van der Waals surface area (Å²) in [4.78, 5) is 12.2. The molecule has 1 saturated carbocycles. The number of aryl methyl sites for hydroxylation is 2. The maximum Gasteiger partial charge on any atom is 0.304 e. The molecule has 3 aromatic carbocycles. The number of rotatable bonds is 7. The van der Waals surface area contributed by atoms with Crippen LogP contribution in [-0.4, -0.2) is 64.2 Å². The van der Waals surface area contributed by atoms with Crippen LogP contribution < -0.4 is 4.74 Å². The van der Waals surface area contributed by atoms with E-state index in [0.29, 0.717) is 25.0 Å². The first-order valence-electron chi connectivity index (χ1n) is 14.2. The van der Waals surface area contributed by atoms with Gasteiger partial charge in [0.25, 0.3) is 0 Å². The van der Waals surface area contributed by atoms with Crippen LogP contribution in [0.2, 0.25) is 0 Å². The lowest BCUT2D eigenvalue weighted by molar-refractivity contribution is -0.165. The number of fused-ring (bicyclic) bond motifs is 2. The van der Waals surface area contributed by atoms with E-state index < -0.39 is 27.5 Å². The maximum atomic E-state index is 13.9. The number of carbonyl (C=O) groups is 1. The van der Waals surface area contributed by atoms with Crippen LogP contribution in [0.15, 0.2) is 59.5 Å². The van der Waals surface area contributed by atoms with Crippen molar-refractivity contribution in [1.82, 2.24) is 19.3 Å². The average Bonchev–Trinajstić information content (AvgIpc) is 3.70. The number of hydrogen-bond acceptors (Lipinski definition) is 7. The fraction of sp³-hybridized carbons (Fsp3) is 0.387. The highest BCUT2D eigenvalue weighted by atomic mass is 32.2. The zero-order valence-electron chi connectivity index (χ0n) is 23.5. The van der Waals surface area contributed by atoms with Gasteiger partial charge in [0.15, 0.2) is 5.60 Å². The highest BCUT2D eigenvalue weighted by Gasteiger charge is 2.49. The molecule has 1 N–H and O–H groups in total. The lowest BCUT2D eigenvalue weighted by atomic mass is 9.84. The third kappa shape index (κ3) is 4.56. The highest BCUT2D eigenvalue weighted by molar-refractivity contribution is 7.89. The molecular weight excluding hydrogens is 556 g/mol. The molecule has 1 atom stereocenters. The van der Waals surface area contributed by atoms with Gasteiger partial charge < -0.3 is 14.6 Å². The minimum Gasteiger partial charge on any atom is -0.481 e. The smallest absolute Gasteiger partial charge is 0.304 e. The van der Waals surface area contributed by atoms with Crippen molar-refractivity contribution in [3.05, 3.63) is 82.4 Å². The van der Waals surface area contributed by atoms with Gasteiger partial charge in [-0.05, 0) is 72.7 Å². The summed E-state index contributed by atoms with van der Waals surface area (Å²) in [5.74, 6) is -1.03. The molecule has 1 aliphatic carbocycles. The maximum absolute atomic E-state index is 13.9. The minimum absolute atomic E-state index is 0.116. The molecule has 0 amide bonds. The summed E-state index contributed by atoms with van der Waals surface area (Å²) in [5, 5.41) is 18.7. The Morgan fingerprint density at radius 3 is 2.62 bits per heavy atom. The quantitative estimate of drug-likeness (QED) is 0.338. The minimum atomic E-state index is -3.88. The van der Waals surface area contributed by atoms with Crippen molar-refractivity contribution in [3.8, 4) is 5.75 Å². The molecule has 7 rings (SSSR count). The predicted molar refractivity (Wildman–Crippen MR) is 154 cm³/mol. The van der Waals surface area contributed by atoms with Crippen LogP contribution in [0, 0.1) is 13.8 Å². The molecule has 218 valence electrons. The number of aliphatic carboxylic acids is 1. The summed E-state index contributed by atoms with van der Waals surface area (Å²) < 4.78 is 42.9. The van der Waals surface area contributed by atoms with Crippen LogP contribution in [0.3, 0.4) is 0 Å². The summed E-state index contributed by atoms with van der Waals surface area (Å²) in [5.41, 5.74) is 5.30. The standard InChI is InChI=1S/C31H32N4O6S/c1-19-7-8-21(25(14-29(36)37)24-11-12-26-30(20(24)2)32-33-35(26)23-9-10-23)13-22(19)15-34-16-31(17-40-18-31)41-27-5-3-4-6-28(27)42(34,38)39/h3-8,11-13,23,25H,9-10,14-18H2,1-2H3,(H,36,37). The topological polar surface area (TPSA) is 124 Å². The largest absolute Gasteiger partial charge is 0.481 e. The highest BCUT2D eigenvalue weighted by Crippen LogP contribution is 2.40. The molecule has 1 spiro atoms. The van der Waals surface area contributed by atoms with Gasteiger partial charge >= 0.3 is 5.97 Å². The fourth-order valence-electron chi connectivity index (χ4n) is 6.15. The summed E-state index contributed by atoms with van der Waals surface area (Å²) in [6.45, 7) is 4.79. The lowest BCUT2D eigenvalue weighted by Crippen LogP contribution is -2.60. The van der Waals surface area contributed by atoms with E-state index in [4.69, 9.17) is 9.47 Å².